The Hall–Kier alpha value is -1.28. The Labute approximate surface area is 169 Å². The van der Waals surface area contributed by atoms with Gasteiger partial charge in [0.1, 0.15) is 9.88 Å². The van der Waals surface area contributed by atoms with E-state index in [4.69, 9.17) is 4.74 Å². The number of aryl methyl sites for hydroxylation is 1. The Morgan fingerprint density at radius 1 is 1.48 bits per heavy atom. The summed E-state index contributed by atoms with van der Waals surface area (Å²) in [5, 5.41) is 8.30. The number of likely N-dealkylation sites (tertiary alicyclic amines) is 1. The van der Waals surface area contributed by atoms with Crippen molar-refractivity contribution in [1.29, 1.82) is 0 Å². The van der Waals surface area contributed by atoms with E-state index < -0.39 is 0 Å². The second kappa shape index (κ2) is 9.78. The number of carbonyl (C=O) groups excluding carboxylic acids is 1. The molecule has 0 saturated carbocycles. The molecule has 0 aromatic carbocycles. The highest BCUT2D eigenvalue weighted by Crippen LogP contribution is 2.29. The molecule has 7 heteroatoms. The van der Waals surface area contributed by atoms with Crippen molar-refractivity contribution in [2.45, 2.75) is 39.7 Å². The van der Waals surface area contributed by atoms with Gasteiger partial charge in [-0.3, -0.25) is 4.79 Å². The van der Waals surface area contributed by atoms with Gasteiger partial charge < -0.3 is 15.0 Å². The van der Waals surface area contributed by atoms with Gasteiger partial charge in [0.05, 0.1) is 5.69 Å². The molecular formula is C20H29N3O2S2. The topological polar surface area (TPSA) is 54.5 Å². The Kier molecular flexibility index (Phi) is 7.41. The highest BCUT2D eigenvalue weighted by atomic mass is 32.1. The predicted octanol–water partition coefficient (Wildman–Crippen LogP) is 4.05. The van der Waals surface area contributed by atoms with E-state index in [1.165, 1.54) is 11.3 Å². The zero-order valence-corrected chi connectivity index (χ0v) is 18.0. The van der Waals surface area contributed by atoms with Crippen molar-refractivity contribution in [1.82, 2.24) is 15.2 Å². The fourth-order valence-electron chi connectivity index (χ4n) is 3.53. The molecule has 1 aliphatic heterocycles. The fourth-order valence-corrected chi connectivity index (χ4v) is 5.22. The van der Waals surface area contributed by atoms with Crippen LogP contribution >= 0.6 is 22.7 Å². The molecule has 2 atom stereocenters. The average Bonchev–Trinajstić information content (AvgIpc) is 3.30. The Morgan fingerprint density at radius 2 is 2.33 bits per heavy atom. The van der Waals surface area contributed by atoms with Crippen molar-refractivity contribution in [2.24, 2.45) is 5.92 Å². The van der Waals surface area contributed by atoms with E-state index in [0.29, 0.717) is 5.92 Å². The number of carbonyl (C=O) groups is 1. The smallest absolute Gasteiger partial charge is 0.263 e. The van der Waals surface area contributed by atoms with Crippen molar-refractivity contribution in [2.75, 3.05) is 32.8 Å². The van der Waals surface area contributed by atoms with Gasteiger partial charge in [0, 0.05) is 49.8 Å². The number of thiophene rings is 1. The van der Waals surface area contributed by atoms with E-state index in [2.05, 4.69) is 27.5 Å². The van der Waals surface area contributed by atoms with Crippen LogP contribution < -0.4 is 5.32 Å². The molecule has 0 aliphatic carbocycles. The lowest BCUT2D eigenvalue weighted by Crippen LogP contribution is -2.50. The number of hydrogen-bond acceptors (Lipinski definition) is 6. The first kappa shape index (κ1) is 20.5. The summed E-state index contributed by atoms with van der Waals surface area (Å²) < 4.78 is 5.43. The van der Waals surface area contributed by atoms with E-state index in [1.54, 1.807) is 11.3 Å². The second-order valence-electron chi connectivity index (χ2n) is 7.14. The van der Waals surface area contributed by atoms with Gasteiger partial charge in [0.2, 0.25) is 0 Å². The Morgan fingerprint density at radius 3 is 3.04 bits per heavy atom. The molecule has 5 nitrogen and oxygen atoms in total. The zero-order valence-electron chi connectivity index (χ0n) is 16.4. The first-order chi connectivity index (χ1) is 13.1. The summed E-state index contributed by atoms with van der Waals surface area (Å²) in [6.45, 7) is 10.9. The lowest BCUT2D eigenvalue weighted by atomic mass is 9.93. The summed E-state index contributed by atoms with van der Waals surface area (Å²) in [7, 11) is 0. The molecule has 27 heavy (non-hydrogen) atoms. The number of hydrogen-bond donors (Lipinski definition) is 1. The van der Waals surface area contributed by atoms with Gasteiger partial charge in [-0.25, -0.2) is 4.98 Å². The minimum Gasteiger partial charge on any atom is -0.382 e. The van der Waals surface area contributed by atoms with E-state index in [1.807, 2.05) is 25.3 Å². The van der Waals surface area contributed by atoms with Crippen molar-refractivity contribution in [3.05, 3.63) is 27.4 Å². The first-order valence-corrected chi connectivity index (χ1v) is 11.4. The summed E-state index contributed by atoms with van der Waals surface area (Å²) in [6, 6.07) is 2.28. The Balaban J connectivity index is 1.53. The summed E-state index contributed by atoms with van der Waals surface area (Å²) in [4.78, 5) is 20.6. The van der Waals surface area contributed by atoms with Crippen molar-refractivity contribution in [3.63, 3.8) is 0 Å². The molecule has 148 valence electrons. The lowest BCUT2D eigenvalue weighted by Gasteiger charge is -2.37. The third-order valence-electron chi connectivity index (χ3n) is 5.04. The number of rotatable bonds is 8. The van der Waals surface area contributed by atoms with Gasteiger partial charge in [-0.15, -0.1) is 11.3 Å². The quantitative estimate of drug-likeness (QED) is 0.671. The third kappa shape index (κ3) is 5.38. The third-order valence-corrected chi connectivity index (χ3v) is 6.93. The Bertz CT molecular complexity index is 730. The molecule has 3 heterocycles. The molecular weight excluding hydrogens is 378 g/mol. The van der Waals surface area contributed by atoms with Crippen molar-refractivity contribution >= 4 is 28.6 Å². The van der Waals surface area contributed by atoms with Gasteiger partial charge in [-0.2, -0.15) is 11.3 Å². The summed E-state index contributed by atoms with van der Waals surface area (Å²) in [6.07, 6.45) is 2.07. The van der Waals surface area contributed by atoms with E-state index in [9.17, 15) is 4.79 Å². The SMILES string of the molecule is CCOCCCN1CCC(NC(=O)c2sc(-c3ccsc3)nc2C)C(C)C1. The predicted molar refractivity (Wildman–Crippen MR) is 113 cm³/mol. The molecule has 1 fully saturated rings. The lowest BCUT2D eigenvalue weighted by molar-refractivity contribution is 0.0846. The minimum absolute atomic E-state index is 0.0214. The molecule has 0 bridgehead atoms. The average molecular weight is 408 g/mol. The molecule has 0 spiro atoms. The number of nitrogens with one attached hydrogen (secondary N) is 1. The van der Waals surface area contributed by atoms with Crippen molar-refractivity contribution in [3.8, 4) is 10.6 Å². The standard InChI is InChI=1S/C20H29N3O2S2/c1-4-25-10-5-8-23-9-6-17(14(2)12-23)22-19(24)18-15(3)21-20(27-18)16-7-11-26-13-16/h7,11,13-14,17H,4-6,8-10,12H2,1-3H3,(H,22,24). The van der Waals surface area contributed by atoms with Crippen LogP contribution in [-0.2, 0) is 4.74 Å². The normalized spacial score (nSPS) is 20.7. The van der Waals surface area contributed by atoms with Crippen LogP contribution in [0.15, 0.2) is 16.8 Å². The molecule has 2 aromatic heterocycles. The molecule has 2 aromatic rings. The first-order valence-electron chi connectivity index (χ1n) is 9.69. The van der Waals surface area contributed by atoms with Gasteiger partial charge in [-0.05, 0) is 44.1 Å². The number of ether oxygens (including phenoxy) is 1. The monoisotopic (exact) mass is 407 g/mol. The van der Waals surface area contributed by atoms with Gasteiger partial charge in [0.15, 0.2) is 0 Å². The molecule has 3 rings (SSSR count). The number of amides is 1. The molecule has 1 saturated heterocycles. The van der Waals surface area contributed by atoms with Crippen molar-refractivity contribution < 1.29 is 9.53 Å². The van der Waals surface area contributed by atoms with Crippen LogP contribution in [-0.4, -0.2) is 54.7 Å². The zero-order chi connectivity index (χ0) is 19.2. The summed E-state index contributed by atoms with van der Waals surface area (Å²) in [5.74, 6) is 0.465. The summed E-state index contributed by atoms with van der Waals surface area (Å²) in [5.41, 5.74) is 1.92. The largest absolute Gasteiger partial charge is 0.382 e. The highest BCUT2D eigenvalue weighted by molar-refractivity contribution is 7.17. The fraction of sp³-hybridized carbons (Fsp3) is 0.600. The maximum atomic E-state index is 12.8. The van der Waals surface area contributed by atoms with Crippen LogP contribution in [0.1, 0.15) is 42.1 Å². The summed E-state index contributed by atoms with van der Waals surface area (Å²) >= 11 is 3.14. The molecule has 1 aliphatic rings. The second-order valence-corrected chi connectivity index (χ2v) is 8.92. The van der Waals surface area contributed by atoms with Crippen LogP contribution in [0.25, 0.3) is 10.6 Å². The number of nitrogens with zero attached hydrogens (tertiary/aromatic N) is 2. The van der Waals surface area contributed by atoms with Crippen LogP contribution in [0.3, 0.4) is 0 Å². The maximum Gasteiger partial charge on any atom is 0.263 e. The number of aromatic nitrogens is 1. The molecule has 1 amide bonds. The van der Waals surface area contributed by atoms with Gasteiger partial charge >= 0.3 is 0 Å². The molecule has 0 radical (unpaired) electrons. The molecule has 1 N–H and O–H groups in total. The van der Waals surface area contributed by atoms with Crippen LogP contribution in [0.4, 0.5) is 0 Å². The van der Waals surface area contributed by atoms with Crippen LogP contribution in [0.2, 0.25) is 0 Å². The van der Waals surface area contributed by atoms with E-state index >= 15 is 0 Å². The van der Waals surface area contributed by atoms with E-state index in [-0.39, 0.29) is 11.9 Å². The van der Waals surface area contributed by atoms with Gasteiger partial charge in [-0.1, -0.05) is 6.92 Å². The minimum atomic E-state index is 0.0214. The molecule has 2 unspecified atom stereocenters. The van der Waals surface area contributed by atoms with Crippen LogP contribution in [0, 0.1) is 12.8 Å². The maximum absolute atomic E-state index is 12.8. The van der Waals surface area contributed by atoms with E-state index in [0.717, 1.165) is 66.8 Å². The number of thiazole rings is 1. The highest BCUT2D eigenvalue weighted by Gasteiger charge is 2.28. The number of piperidine rings is 1. The van der Waals surface area contributed by atoms with Crippen LogP contribution in [0.5, 0.6) is 0 Å². The van der Waals surface area contributed by atoms with Gasteiger partial charge in [0.25, 0.3) is 5.91 Å².